The van der Waals surface area contributed by atoms with Crippen LogP contribution < -0.4 is 0 Å². The van der Waals surface area contributed by atoms with Gasteiger partial charge < -0.3 is 0 Å². The maximum atomic E-state index is 4.32. The van der Waals surface area contributed by atoms with E-state index in [-0.39, 0.29) is 11.0 Å². The minimum absolute atomic E-state index is 0.173. The van der Waals surface area contributed by atoms with Gasteiger partial charge in [0.05, 0.1) is 11.1 Å². The number of hydrogen-bond donors (Lipinski definition) is 0. The molecular weight excluding hydrogens is 168 g/mol. The van der Waals surface area contributed by atoms with Crippen LogP contribution in [-0.4, -0.2) is 28.9 Å². The second-order valence-corrected chi connectivity index (χ2v) is 5.41. The lowest BCUT2D eigenvalue weighted by Crippen LogP contribution is -2.54. The summed E-state index contributed by atoms with van der Waals surface area (Å²) in [4.78, 5) is 0. The van der Waals surface area contributed by atoms with Crippen molar-refractivity contribution in [3.8, 4) is 0 Å². The molecule has 0 saturated heterocycles. The average molecular weight is 186 g/mol. The second-order valence-electron chi connectivity index (χ2n) is 4.58. The number of thioether (sulfide) groups is 1. The van der Waals surface area contributed by atoms with Crippen LogP contribution in [0.3, 0.4) is 0 Å². The molecule has 1 rings (SSSR count). The lowest BCUT2D eigenvalue weighted by Gasteiger charge is -2.48. The normalized spacial score (nSPS) is 30.9. The summed E-state index contributed by atoms with van der Waals surface area (Å²) in [5.74, 6) is 1.12. The van der Waals surface area contributed by atoms with Crippen LogP contribution in [0.1, 0.15) is 27.7 Å². The Hall–Kier alpha value is -0.180. The van der Waals surface area contributed by atoms with Crippen LogP contribution in [0.5, 0.6) is 0 Å². The molecule has 70 valence electrons. The molecule has 1 unspecified atom stereocenters. The van der Waals surface area contributed by atoms with Gasteiger partial charge in [0.15, 0.2) is 0 Å². The molecule has 0 amide bonds. The Morgan fingerprint density at radius 3 is 2.42 bits per heavy atom. The number of rotatable bonds is 0. The summed E-state index contributed by atoms with van der Waals surface area (Å²) in [5, 5.41) is 6.41. The third-order valence-electron chi connectivity index (χ3n) is 2.99. The van der Waals surface area contributed by atoms with Crippen LogP contribution in [0.2, 0.25) is 0 Å². The van der Waals surface area contributed by atoms with Crippen molar-refractivity contribution in [1.82, 2.24) is 5.01 Å². The molecule has 0 aromatic heterocycles. The highest BCUT2D eigenvalue weighted by molar-refractivity contribution is 8.12. The molecule has 1 aliphatic rings. The lowest BCUT2D eigenvalue weighted by molar-refractivity contribution is 0.0497. The molecule has 1 heterocycles. The first-order valence-electron chi connectivity index (χ1n) is 4.26. The van der Waals surface area contributed by atoms with Gasteiger partial charge in [-0.25, -0.2) is 0 Å². The fourth-order valence-corrected chi connectivity index (χ4v) is 2.45. The zero-order chi connectivity index (χ0) is 9.41. The van der Waals surface area contributed by atoms with Crippen molar-refractivity contribution in [2.45, 2.75) is 33.2 Å². The topological polar surface area (TPSA) is 15.6 Å². The highest BCUT2D eigenvalue weighted by atomic mass is 32.2. The van der Waals surface area contributed by atoms with Gasteiger partial charge in [-0.1, -0.05) is 20.8 Å². The quantitative estimate of drug-likeness (QED) is 0.577. The first-order valence-corrected chi connectivity index (χ1v) is 5.31. The van der Waals surface area contributed by atoms with Crippen molar-refractivity contribution in [2.75, 3.05) is 12.8 Å². The Morgan fingerprint density at radius 1 is 1.50 bits per heavy atom. The molecule has 1 atom stereocenters. The van der Waals surface area contributed by atoms with E-state index in [1.807, 2.05) is 5.55 Å². The number of nitrogens with zero attached hydrogens (tertiary/aromatic N) is 2. The largest absolute Gasteiger partial charge is 0.292 e. The molecule has 0 aliphatic carbocycles. The highest BCUT2D eigenvalue weighted by Crippen LogP contribution is 2.38. The summed E-state index contributed by atoms with van der Waals surface area (Å²) in [5.41, 5.74) is 2.37. The molecule has 1 aliphatic heterocycles. The lowest BCUT2D eigenvalue weighted by atomic mass is 9.76. The molecule has 0 bridgehead atoms. The molecule has 12 heavy (non-hydrogen) atoms. The second kappa shape index (κ2) is 2.95. The summed E-state index contributed by atoms with van der Waals surface area (Å²) < 4.78 is 0. The van der Waals surface area contributed by atoms with E-state index in [9.17, 15) is 0 Å². The van der Waals surface area contributed by atoms with E-state index in [1.165, 1.54) is 0 Å². The van der Waals surface area contributed by atoms with Gasteiger partial charge in [-0.15, -0.1) is 11.8 Å². The molecule has 0 radical (unpaired) electrons. The molecule has 0 saturated carbocycles. The predicted molar refractivity (Wildman–Crippen MR) is 56.6 cm³/mol. The van der Waals surface area contributed by atoms with E-state index in [0.29, 0.717) is 0 Å². The van der Waals surface area contributed by atoms with E-state index in [0.717, 1.165) is 5.75 Å². The molecule has 0 fully saturated rings. The average Bonchev–Trinajstić information content (AvgIpc) is 1.93. The van der Waals surface area contributed by atoms with E-state index in [4.69, 9.17) is 0 Å². The Balaban J connectivity index is 2.90. The standard InChI is InChI=1S/C9H18N2S/c1-8(2,3)9(4)6-12-7-10-11(9)5/h7H,6H2,1-5H3. The summed E-state index contributed by atoms with van der Waals surface area (Å²) in [6.45, 7) is 9.08. The minimum Gasteiger partial charge on any atom is -0.292 e. The molecule has 2 nitrogen and oxygen atoms in total. The van der Waals surface area contributed by atoms with Gasteiger partial charge in [-0.3, -0.25) is 5.01 Å². The van der Waals surface area contributed by atoms with Crippen molar-refractivity contribution in [1.29, 1.82) is 0 Å². The maximum Gasteiger partial charge on any atom is 0.0800 e. The fourth-order valence-electron chi connectivity index (χ4n) is 1.23. The smallest absolute Gasteiger partial charge is 0.0800 e. The SMILES string of the molecule is CN1N=CSCC1(C)C(C)(C)C. The number of hydrazone groups is 1. The monoisotopic (exact) mass is 186 g/mol. The van der Waals surface area contributed by atoms with Crippen LogP contribution in [0.15, 0.2) is 5.10 Å². The van der Waals surface area contributed by atoms with Crippen LogP contribution >= 0.6 is 11.8 Å². The first kappa shape index (κ1) is 9.90. The Labute approximate surface area is 79.4 Å². The third-order valence-corrected chi connectivity index (χ3v) is 3.96. The fraction of sp³-hybridized carbons (Fsp3) is 0.889. The molecular formula is C9H18N2S. The maximum absolute atomic E-state index is 4.32. The van der Waals surface area contributed by atoms with Crippen LogP contribution in [0.25, 0.3) is 0 Å². The first-order chi connectivity index (χ1) is 5.38. The Bertz CT molecular complexity index is 195. The molecule has 0 aromatic rings. The predicted octanol–water partition coefficient (Wildman–Crippen LogP) is 2.41. The molecule has 3 heteroatoms. The summed E-state index contributed by atoms with van der Waals surface area (Å²) in [6.07, 6.45) is 0. The van der Waals surface area contributed by atoms with E-state index >= 15 is 0 Å². The summed E-state index contributed by atoms with van der Waals surface area (Å²) in [7, 11) is 2.06. The van der Waals surface area contributed by atoms with E-state index < -0.39 is 0 Å². The van der Waals surface area contributed by atoms with Crippen LogP contribution in [0.4, 0.5) is 0 Å². The van der Waals surface area contributed by atoms with Gasteiger partial charge in [-0.2, -0.15) is 5.10 Å². The zero-order valence-corrected chi connectivity index (χ0v) is 9.40. The molecule has 0 spiro atoms. The Morgan fingerprint density at radius 2 is 2.08 bits per heavy atom. The zero-order valence-electron chi connectivity index (χ0n) is 8.59. The van der Waals surface area contributed by atoms with Gasteiger partial charge in [0.1, 0.15) is 0 Å². The van der Waals surface area contributed by atoms with Gasteiger partial charge in [0, 0.05) is 12.8 Å². The van der Waals surface area contributed by atoms with Gasteiger partial charge in [0.25, 0.3) is 0 Å². The van der Waals surface area contributed by atoms with Gasteiger partial charge in [0.2, 0.25) is 0 Å². The van der Waals surface area contributed by atoms with Crippen molar-refractivity contribution < 1.29 is 0 Å². The minimum atomic E-state index is 0.173. The highest BCUT2D eigenvalue weighted by Gasteiger charge is 2.42. The Kier molecular flexibility index (Phi) is 2.43. The molecule has 0 aromatic carbocycles. The van der Waals surface area contributed by atoms with Gasteiger partial charge >= 0.3 is 0 Å². The summed E-state index contributed by atoms with van der Waals surface area (Å²) in [6, 6.07) is 0. The number of hydrogen-bond acceptors (Lipinski definition) is 3. The van der Waals surface area contributed by atoms with E-state index in [2.05, 4.69) is 44.9 Å². The van der Waals surface area contributed by atoms with Crippen molar-refractivity contribution >= 4 is 17.3 Å². The van der Waals surface area contributed by atoms with Crippen molar-refractivity contribution in [3.05, 3.63) is 0 Å². The van der Waals surface area contributed by atoms with Crippen molar-refractivity contribution in [3.63, 3.8) is 0 Å². The third kappa shape index (κ3) is 1.47. The van der Waals surface area contributed by atoms with Crippen molar-refractivity contribution in [2.24, 2.45) is 10.5 Å². The van der Waals surface area contributed by atoms with E-state index in [1.54, 1.807) is 11.8 Å². The molecule has 0 N–H and O–H groups in total. The van der Waals surface area contributed by atoms with Crippen LogP contribution in [-0.2, 0) is 0 Å². The van der Waals surface area contributed by atoms with Gasteiger partial charge in [-0.05, 0) is 12.3 Å². The van der Waals surface area contributed by atoms with Crippen LogP contribution in [0, 0.1) is 5.41 Å². The summed E-state index contributed by atoms with van der Waals surface area (Å²) >= 11 is 1.80.